The fraction of sp³-hybridized carbons (Fsp3) is 0.111. The molecule has 0 atom stereocenters. The Morgan fingerprint density at radius 2 is 1.88 bits per heavy atom. The number of halogens is 1. The maximum Gasteiger partial charge on any atom is 0.276 e. The van der Waals surface area contributed by atoms with Gasteiger partial charge in [-0.1, -0.05) is 29.8 Å². The van der Waals surface area contributed by atoms with Crippen LogP contribution < -0.4 is 15.6 Å². The number of carbonyl (C=O) groups excluding carboxylic acids is 2. The fourth-order valence-electron chi connectivity index (χ4n) is 1.83. The summed E-state index contributed by atoms with van der Waals surface area (Å²) in [6, 6.07) is 12.9. The third-order valence-electron chi connectivity index (χ3n) is 2.98. The van der Waals surface area contributed by atoms with E-state index in [0.29, 0.717) is 5.75 Å². The largest absolute Gasteiger partial charge is 0.484 e. The number of carbonyl (C=O) groups is 2. The van der Waals surface area contributed by atoms with Crippen molar-refractivity contribution in [3.05, 3.63) is 71.6 Å². The summed E-state index contributed by atoms with van der Waals surface area (Å²) in [5.74, 6) is -1.03. The molecule has 0 radical (unpaired) electrons. The number of aryl methyl sites for hydroxylation is 1. The predicted molar refractivity (Wildman–Crippen MR) is 88.4 cm³/mol. The van der Waals surface area contributed by atoms with Crippen molar-refractivity contribution in [3.63, 3.8) is 0 Å². The first-order valence-corrected chi connectivity index (χ1v) is 7.25. The van der Waals surface area contributed by atoms with Crippen molar-refractivity contribution < 1.29 is 18.7 Å². The Bertz CT molecular complexity index is 742. The summed E-state index contributed by atoms with van der Waals surface area (Å²) in [5, 5.41) is 0. The average molecular weight is 328 g/mol. The third-order valence-corrected chi connectivity index (χ3v) is 2.98. The monoisotopic (exact) mass is 328 g/mol. The Hall–Kier alpha value is -3.15. The van der Waals surface area contributed by atoms with Gasteiger partial charge in [-0.2, -0.15) is 0 Å². The van der Waals surface area contributed by atoms with Gasteiger partial charge in [0.05, 0.1) is 0 Å². The molecule has 24 heavy (non-hydrogen) atoms. The van der Waals surface area contributed by atoms with E-state index in [1.807, 2.05) is 31.2 Å². The SMILES string of the molecule is Cc1cccc(/C=C/C(=O)NNC(=O)COc2ccc(F)cc2)c1. The molecular weight excluding hydrogens is 311 g/mol. The zero-order valence-electron chi connectivity index (χ0n) is 13.1. The van der Waals surface area contributed by atoms with Crippen LogP contribution in [0.5, 0.6) is 5.75 Å². The number of hydrogen-bond acceptors (Lipinski definition) is 3. The van der Waals surface area contributed by atoms with E-state index in [0.717, 1.165) is 11.1 Å². The summed E-state index contributed by atoms with van der Waals surface area (Å²) in [6.45, 7) is 1.66. The molecule has 5 nitrogen and oxygen atoms in total. The molecule has 0 aliphatic rings. The van der Waals surface area contributed by atoms with E-state index in [1.54, 1.807) is 6.08 Å². The summed E-state index contributed by atoms with van der Waals surface area (Å²) in [5.41, 5.74) is 6.44. The molecule has 0 spiro atoms. The van der Waals surface area contributed by atoms with Crippen molar-refractivity contribution in [2.75, 3.05) is 6.61 Å². The minimum atomic E-state index is -0.531. The first-order valence-electron chi connectivity index (χ1n) is 7.25. The van der Waals surface area contributed by atoms with Crippen molar-refractivity contribution in [1.82, 2.24) is 10.9 Å². The molecule has 0 unspecified atom stereocenters. The van der Waals surface area contributed by atoms with Crippen LogP contribution in [0, 0.1) is 12.7 Å². The highest BCUT2D eigenvalue weighted by Gasteiger charge is 2.04. The molecule has 0 saturated carbocycles. The fourth-order valence-corrected chi connectivity index (χ4v) is 1.83. The molecule has 2 N–H and O–H groups in total. The number of benzene rings is 2. The maximum atomic E-state index is 12.7. The van der Waals surface area contributed by atoms with Crippen LogP contribution in [0.3, 0.4) is 0 Å². The molecule has 2 aromatic rings. The van der Waals surface area contributed by atoms with E-state index in [9.17, 15) is 14.0 Å². The Labute approximate surface area is 139 Å². The molecule has 2 rings (SSSR count). The van der Waals surface area contributed by atoms with Crippen molar-refractivity contribution in [2.24, 2.45) is 0 Å². The van der Waals surface area contributed by atoms with Gasteiger partial charge in [0.15, 0.2) is 6.61 Å². The van der Waals surface area contributed by atoms with Crippen LogP contribution in [0.4, 0.5) is 4.39 Å². The van der Waals surface area contributed by atoms with Crippen LogP contribution in [-0.4, -0.2) is 18.4 Å². The second-order valence-corrected chi connectivity index (χ2v) is 5.03. The van der Waals surface area contributed by atoms with E-state index >= 15 is 0 Å². The van der Waals surface area contributed by atoms with E-state index in [4.69, 9.17) is 4.74 Å². The van der Waals surface area contributed by atoms with Crippen LogP contribution in [-0.2, 0) is 9.59 Å². The van der Waals surface area contributed by atoms with Gasteiger partial charge in [0.2, 0.25) is 0 Å². The van der Waals surface area contributed by atoms with Gasteiger partial charge < -0.3 is 4.74 Å². The van der Waals surface area contributed by atoms with Gasteiger partial charge in [-0.15, -0.1) is 0 Å². The van der Waals surface area contributed by atoms with Crippen LogP contribution in [0.15, 0.2) is 54.6 Å². The van der Waals surface area contributed by atoms with Gasteiger partial charge >= 0.3 is 0 Å². The molecule has 2 aromatic carbocycles. The molecule has 6 heteroatoms. The predicted octanol–water partition coefficient (Wildman–Crippen LogP) is 2.37. The molecule has 0 aromatic heterocycles. The molecule has 124 valence electrons. The summed E-state index contributed by atoms with van der Waals surface area (Å²) >= 11 is 0. The lowest BCUT2D eigenvalue weighted by Gasteiger charge is -2.07. The zero-order valence-corrected chi connectivity index (χ0v) is 13.1. The third kappa shape index (κ3) is 5.92. The number of hydrogen-bond donors (Lipinski definition) is 2. The minimum absolute atomic E-state index is 0.298. The van der Waals surface area contributed by atoms with E-state index in [-0.39, 0.29) is 12.4 Å². The standard InChI is InChI=1S/C18H17FN2O3/c1-13-3-2-4-14(11-13)5-10-17(22)20-21-18(23)12-24-16-8-6-15(19)7-9-16/h2-11H,12H2,1H3,(H,20,22)(H,21,23)/b10-5+. The minimum Gasteiger partial charge on any atom is -0.484 e. The summed E-state index contributed by atoms with van der Waals surface area (Å²) in [4.78, 5) is 23.2. The lowest BCUT2D eigenvalue weighted by atomic mass is 10.1. The second-order valence-electron chi connectivity index (χ2n) is 5.03. The maximum absolute atomic E-state index is 12.7. The Morgan fingerprint density at radius 3 is 2.58 bits per heavy atom. The Morgan fingerprint density at radius 1 is 1.12 bits per heavy atom. The van der Waals surface area contributed by atoms with Gasteiger partial charge in [0.25, 0.3) is 11.8 Å². The lowest BCUT2D eigenvalue weighted by Crippen LogP contribution is -2.43. The van der Waals surface area contributed by atoms with Crippen molar-refractivity contribution in [2.45, 2.75) is 6.92 Å². The number of hydrazine groups is 1. The second kappa shape index (κ2) is 8.47. The number of nitrogens with one attached hydrogen (secondary N) is 2. The van der Waals surface area contributed by atoms with E-state index in [1.165, 1.54) is 30.3 Å². The van der Waals surface area contributed by atoms with Gasteiger partial charge in [0.1, 0.15) is 11.6 Å². The quantitative estimate of drug-likeness (QED) is 0.654. The lowest BCUT2D eigenvalue weighted by molar-refractivity contribution is -0.128. The molecule has 2 amide bonds. The first-order chi connectivity index (χ1) is 11.5. The van der Waals surface area contributed by atoms with E-state index < -0.39 is 11.8 Å². The smallest absolute Gasteiger partial charge is 0.276 e. The summed E-state index contributed by atoms with van der Waals surface area (Å²) in [6.07, 6.45) is 2.96. The number of rotatable bonds is 5. The highest BCUT2D eigenvalue weighted by atomic mass is 19.1. The van der Waals surface area contributed by atoms with Crippen molar-refractivity contribution in [3.8, 4) is 5.75 Å². The molecule has 0 heterocycles. The van der Waals surface area contributed by atoms with Crippen LogP contribution in [0.25, 0.3) is 6.08 Å². The van der Waals surface area contributed by atoms with Gasteiger partial charge in [-0.25, -0.2) is 4.39 Å². The summed E-state index contributed by atoms with van der Waals surface area (Å²) < 4.78 is 17.9. The number of amides is 2. The average Bonchev–Trinajstić information content (AvgIpc) is 2.57. The topological polar surface area (TPSA) is 67.4 Å². The molecule has 0 aliphatic heterocycles. The van der Waals surface area contributed by atoms with E-state index in [2.05, 4.69) is 10.9 Å². The highest BCUT2D eigenvalue weighted by Crippen LogP contribution is 2.10. The van der Waals surface area contributed by atoms with Crippen molar-refractivity contribution >= 4 is 17.9 Å². The zero-order chi connectivity index (χ0) is 17.4. The van der Waals surface area contributed by atoms with Gasteiger partial charge in [0, 0.05) is 6.08 Å². The Balaban J connectivity index is 1.72. The molecule has 0 fully saturated rings. The molecule has 0 aliphatic carbocycles. The molecule has 0 bridgehead atoms. The van der Waals surface area contributed by atoms with Gasteiger partial charge in [-0.05, 0) is 42.8 Å². The van der Waals surface area contributed by atoms with Crippen LogP contribution in [0.1, 0.15) is 11.1 Å². The molecule has 0 saturated heterocycles. The van der Waals surface area contributed by atoms with Gasteiger partial charge in [-0.3, -0.25) is 20.4 Å². The van der Waals surface area contributed by atoms with Crippen molar-refractivity contribution in [1.29, 1.82) is 0 Å². The normalized spacial score (nSPS) is 10.4. The first kappa shape index (κ1) is 17.2. The summed E-state index contributed by atoms with van der Waals surface area (Å²) in [7, 11) is 0. The Kier molecular flexibility index (Phi) is 6.08. The van der Waals surface area contributed by atoms with Crippen LogP contribution >= 0.6 is 0 Å². The van der Waals surface area contributed by atoms with Crippen LogP contribution in [0.2, 0.25) is 0 Å². The highest BCUT2D eigenvalue weighted by molar-refractivity contribution is 5.93. The molecular formula is C18H17FN2O3. The number of ether oxygens (including phenoxy) is 1.